The summed E-state index contributed by atoms with van der Waals surface area (Å²) in [6.45, 7) is 2.56. The number of hydrogen-bond donors (Lipinski definition) is 2. The molecule has 0 saturated heterocycles. The van der Waals surface area contributed by atoms with Crippen LogP contribution in [-0.4, -0.2) is 41.1 Å². The van der Waals surface area contributed by atoms with Crippen molar-refractivity contribution in [2.45, 2.75) is 25.7 Å². The van der Waals surface area contributed by atoms with Crippen molar-refractivity contribution in [3.63, 3.8) is 0 Å². The van der Waals surface area contributed by atoms with Crippen molar-refractivity contribution in [3.05, 3.63) is 64.4 Å². The van der Waals surface area contributed by atoms with E-state index >= 15 is 0 Å². The summed E-state index contributed by atoms with van der Waals surface area (Å²) in [5, 5.41) is 7.14. The molecule has 2 aliphatic rings. The third kappa shape index (κ3) is 4.80. The van der Waals surface area contributed by atoms with Crippen LogP contribution in [0.2, 0.25) is 5.02 Å². The zero-order valence-electron chi connectivity index (χ0n) is 16.9. The van der Waals surface area contributed by atoms with Crippen molar-refractivity contribution >= 4 is 34.8 Å². The van der Waals surface area contributed by atoms with E-state index in [4.69, 9.17) is 16.3 Å². The molecule has 0 saturated carbocycles. The lowest BCUT2D eigenvalue weighted by Gasteiger charge is -2.27. The number of ether oxygens (including phenoxy) is 1. The number of carbonyl (C=O) groups excluding carboxylic acids is 1. The Morgan fingerprint density at radius 2 is 2.06 bits per heavy atom. The molecule has 2 N–H and O–H groups in total. The Balaban J connectivity index is 1.39. The lowest BCUT2D eigenvalue weighted by molar-refractivity contribution is -0.137. The molecule has 0 aliphatic carbocycles. The number of nitrogens with zero attached hydrogens (tertiary/aromatic N) is 3. The van der Waals surface area contributed by atoms with Crippen LogP contribution >= 0.6 is 11.6 Å². The van der Waals surface area contributed by atoms with Crippen LogP contribution in [0, 0.1) is 0 Å². The lowest BCUT2D eigenvalue weighted by atomic mass is 10.0. The number of halogens is 4. The van der Waals surface area contributed by atoms with Crippen molar-refractivity contribution in [1.82, 2.24) is 15.3 Å². The molecule has 0 bridgehead atoms. The van der Waals surface area contributed by atoms with Crippen molar-refractivity contribution in [2.75, 3.05) is 18.4 Å². The Kier molecular flexibility index (Phi) is 5.96. The number of benzene rings is 1. The van der Waals surface area contributed by atoms with Gasteiger partial charge in [-0.25, -0.2) is 4.79 Å². The first kappa shape index (κ1) is 21.9. The molecule has 1 aromatic heterocycles. The first-order valence-corrected chi connectivity index (χ1v) is 10.2. The maximum atomic E-state index is 12.7. The first-order chi connectivity index (χ1) is 15.2. The molecular weight excluding hydrogens is 447 g/mol. The summed E-state index contributed by atoms with van der Waals surface area (Å²) in [7, 11) is 0. The Morgan fingerprint density at radius 3 is 2.62 bits per heavy atom. The number of nitrogens with one attached hydrogen (secondary N) is 2. The number of amides is 2. The largest absolute Gasteiger partial charge is 0.451 e. The Bertz CT molecular complexity index is 1090. The Labute approximate surface area is 186 Å². The maximum Gasteiger partial charge on any atom is 0.416 e. The average Bonchev–Trinajstić information content (AvgIpc) is 3.20. The summed E-state index contributed by atoms with van der Waals surface area (Å²) >= 11 is 6.42. The minimum Gasteiger partial charge on any atom is -0.451 e. The highest BCUT2D eigenvalue weighted by Crippen LogP contribution is 2.30. The number of urea groups is 1. The van der Waals surface area contributed by atoms with E-state index in [1.54, 1.807) is 17.2 Å². The van der Waals surface area contributed by atoms with Gasteiger partial charge in [0.1, 0.15) is 0 Å². The van der Waals surface area contributed by atoms with Gasteiger partial charge in [-0.3, -0.25) is 10.4 Å². The molecule has 11 heteroatoms. The Morgan fingerprint density at radius 1 is 1.31 bits per heavy atom. The fraction of sp³-hybridized carbons (Fsp3) is 0.286. The maximum absolute atomic E-state index is 12.7. The molecule has 168 valence electrons. The second-order valence-corrected chi connectivity index (χ2v) is 7.70. The van der Waals surface area contributed by atoms with E-state index in [2.05, 4.69) is 20.8 Å². The highest BCUT2D eigenvalue weighted by Gasteiger charge is 2.30. The van der Waals surface area contributed by atoms with E-state index in [-0.39, 0.29) is 6.23 Å². The minimum atomic E-state index is -4.42. The minimum absolute atomic E-state index is 0.218. The second-order valence-electron chi connectivity index (χ2n) is 7.29. The first-order valence-electron chi connectivity index (χ1n) is 9.79. The average molecular weight is 466 g/mol. The van der Waals surface area contributed by atoms with Crippen molar-refractivity contribution in [1.29, 1.82) is 0 Å². The summed E-state index contributed by atoms with van der Waals surface area (Å²) in [4.78, 5) is 18.5. The predicted octanol–water partition coefficient (Wildman–Crippen LogP) is 4.70. The molecule has 2 aromatic rings. The van der Waals surface area contributed by atoms with Gasteiger partial charge in [0.15, 0.2) is 6.23 Å². The van der Waals surface area contributed by atoms with Crippen molar-refractivity contribution in [2.24, 2.45) is 5.10 Å². The van der Waals surface area contributed by atoms with Gasteiger partial charge in [-0.1, -0.05) is 17.7 Å². The molecule has 0 radical (unpaired) electrons. The summed E-state index contributed by atoms with van der Waals surface area (Å²) < 4.78 is 43.5. The number of hydrogen-bond acceptors (Lipinski definition) is 5. The van der Waals surface area contributed by atoms with E-state index in [0.717, 1.165) is 17.7 Å². The fourth-order valence-electron chi connectivity index (χ4n) is 3.31. The molecule has 0 fully saturated rings. The number of aromatic nitrogens is 1. The van der Waals surface area contributed by atoms with Gasteiger partial charge in [-0.15, -0.1) is 5.10 Å². The van der Waals surface area contributed by atoms with Gasteiger partial charge in [0.05, 0.1) is 21.8 Å². The summed E-state index contributed by atoms with van der Waals surface area (Å²) in [5.74, 6) is 0.419. The van der Waals surface area contributed by atoms with Gasteiger partial charge >= 0.3 is 12.2 Å². The molecule has 32 heavy (non-hydrogen) atoms. The van der Waals surface area contributed by atoms with E-state index in [1.807, 2.05) is 13.0 Å². The van der Waals surface area contributed by atoms with Gasteiger partial charge in [0.25, 0.3) is 0 Å². The van der Waals surface area contributed by atoms with Crippen LogP contribution in [0.25, 0.3) is 5.57 Å². The molecule has 4 rings (SSSR count). The number of hydrazone groups is 1. The van der Waals surface area contributed by atoms with Gasteiger partial charge in [-0.05, 0) is 49.2 Å². The van der Waals surface area contributed by atoms with Crippen LogP contribution in [0.5, 0.6) is 0 Å². The smallest absolute Gasteiger partial charge is 0.416 e. The number of alkyl halides is 3. The van der Waals surface area contributed by atoms with Crippen LogP contribution < -0.4 is 10.7 Å². The molecule has 3 heterocycles. The third-order valence-corrected chi connectivity index (χ3v) is 5.28. The van der Waals surface area contributed by atoms with Crippen LogP contribution in [0.4, 0.5) is 23.7 Å². The van der Waals surface area contributed by atoms with Crippen LogP contribution in [-0.2, 0) is 10.9 Å². The second kappa shape index (κ2) is 8.70. The molecule has 0 spiro atoms. The van der Waals surface area contributed by atoms with Gasteiger partial charge in [0.2, 0.25) is 5.90 Å². The van der Waals surface area contributed by atoms with E-state index in [9.17, 15) is 18.0 Å². The lowest BCUT2D eigenvalue weighted by Crippen LogP contribution is -2.38. The molecule has 2 amide bonds. The van der Waals surface area contributed by atoms with Gasteiger partial charge in [-0.2, -0.15) is 13.2 Å². The number of carbonyl (C=O) groups is 1. The highest BCUT2D eigenvalue weighted by molar-refractivity contribution is 6.32. The Hall–Kier alpha value is -3.27. The zero-order valence-corrected chi connectivity index (χ0v) is 17.7. The molecular formula is C21H19ClF3N5O2. The molecule has 2 aliphatic heterocycles. The van der Waals surface area contributed by atoms with E-state index in [0.29, 0.717) is 47.4 Å². The van der Waals surface area contributed by atoms with Crippen LogP contribution in [0.15, 0.2) is 47.7 Å². The monoisotopic (exact) mass is 465 g/mol. The van der Waals surface area contributed by atoms with Crippen molar-refractivity contribution in [3.8, 4) is 0 Å². The highest BCUT2D eigenvalue weighted by atomic mass is 35.5. The van der Waals surface area contributed by atoms with Gasteiger partial charge < -0.3 is 15.0 Å². The van der Waals surface area contributed by atoms with Crippen LogP contribution in [0.3, 0.4) is 0 Å². The summed E-state index contributed by atoms with van der Waals surface area (Å²) in [6, 6.07) is 5.65. The van der Waals surface area contributed by atoms with Crippen LogP contribution in [0.1, 0.15) is 30.2 Å². The normalized spacial score (nSPS) is 18.4. The van der Waals surface area contributed by atoms with E-state index < -0.39 is 17.8 Å². The standard InChI is InChI=1S/C21H19ClF3N5O2/c1-12-28-29-19(32-12)14-10-17(22)18(26-11-14)13-6-8-30(9-7-13)20(31)27-16-4-2-15(3-5-16)21(23,24)25/h2-6,10-12,28H,7-9H2,1H3,(H,27,31). The predicted molar refractivity (Wildman–Crippen MR) is 114 cm³/mol. The number of pyridine rings is 1. The summed E-state index contributed by atoms with van der Waals surface area (Å²) in [6.07, 6.45) is -0.620. The molecule has 1 aromatic carbocycles. The van der Waals surface area contributed by atoms with Gasteiger partial charge in [0, 0.05) is 25.0 Å². The molecule has 1 atom stereocenters. The number of anilines is 1. The SMILES string of the molecule is CC1NN=C(c2cnc(C3=CCN(C(=O)Nc4ccc(C(F)(F)F)cc4)CC3)c(Cl)c2)O1. The zero-order chi connectivity index (χ0) is 22.9. The molecule has 1 unspecified atom stereocenters. The third-order valence-electron chi connectivity index (χ3n) is 4.99. The topological polar surface area (TPSA) is 78.9 Å². The quantitative estimate of drug-likeness (QED) is 0.688. The van der Waals surface area contributed by atoms with E-state index in [1.165, 1.54) is 12.1 Å². The number of rotatable bonds is 3. The molecule has 7 nitrogen and oxygen atoms in total. The van der Waals surface area contributed by atoms with Crippen molar-refractivity contribution < 1.29 is 22.7 Å². The summed E-state index contributed by atoms with van der Waals surface area (Å²) in [5.41, 5.74) is 4.50. The fourth-order valence-corrected chi connectivity index (χ4v) is 3.59.